The van der Waals surface area contributed by atoms with E-state index >= 15 is 0 Å². The van der Waals surface area contributed by atoms with Crippen molar-refractivity contribution in [1.29, 1.82) is 0 Å². The molecular formula is C12H24N4O. The van der Waals surface area contributed by atoms with Gasteiger partial charge in [-0.1, -0.05) is 25.4 Å². The minimum atomic E-state index is 0.0544. The van der Waals surface area contributed by atoms with Gasteiger partial charge in [0.15, 0.2) is 0 Å². The molecule has 0 radical (unpaired) electrons. The molecule has 5 heteroatoms. The third-order valence-electron chi connectivity index (χ3n) is 2.54. The van der Waals surface area contributed by atoms with Crippen molar-refractivity contribution >= 4 is 6.01 Å². The fourth-order valence-electron chi connectivity index (χ4n) is 1.14. The van der Waals surface area contributed by atoms with Crippen LogP contribution in [0.5, 0.6) is 0 Å². The summed E-state index contributed by atoms with van der Waals surface area (Å²) in [6, 6.07) is 0.510. The summed E-state index contributed by atoms with van der Waals surface area (Å²) in [6.07, 6.45) is 1.14. The van der Waals surface area contributed by atoms with E-state index in [-0.39, 0.29) is 5.54 Å². The molecule has 1 unspecified atom stereocenters. The van der Waals surface area contributed by atoms with E-state index in [0.29, 0.717) is 24.4 Å². The lowest BCUT2D eigenvalue weighted by molar-refractivity contribution is 0.383. The van der Waals surface area contributed by atoms with E-state index in [9.17, 15) is 0 Å². The highest BCUT2D eigenvalue weighted by Crippen LogP contribution is 2.09. The molecule has 1 atom stereocenters. The fourth-order valence-corrected chi connectivity index (χ4v) is 1.14. The van der Waals surface area contributed by atoms with Crippen molar-refractivity contribution in [3.8, 4) is 0 Å². The van der Waals surface area contributed by atoms with Gasteiger partial charge >= 0.3 is 6.01 Å². The van der Waals surface area contributed by atoms with Crippen molar-refractivity contribution in [2.75, 3.05) is 11.9 Å². The third-order valence-corrected chi connectivity index (χ3v) is 2.54. The zero-order valence-electron chi connectivity index (χ0n) is 11.5. The second-order valence-corrected chi connectivity index (χ2v) is 5.50. The first-order valence-electron chi connectivity index (χ1n) is 6.22. The summed E-state index contributed by atoms with van der Waals surface area (Å²) in [7, 11) is 0. The molecule has 0 amide bonds. The third kappa shape index (κ3) is 5.68. The quantitative estimate of drug-likeness (QED) is 0.799. The zero-order chi connectivity index (χ0) is 12.9. The molecule has 1 heterocycles. The summed E-state index contributed by atoms with van der Waals surface area (Å²) in [5.41, 5.74) is 0.0544. The molecule has 1 rings (SSSR count). The van der Waals surface area contributed by atoms with Crippen molar-refractivity contribution in [1.82, 2.24) is 15.5 Å². The van der Waals surface area contributed by atoms with E-state index in [0.717, 1.165) is 13.0 Å². The first-order valence-corrected chi connectivity index (χ1v) is 6.22. The lowest BCUT2D eigenvalue weighted by Gasteiger charge is -2.18. The van der Waals surface area contributed by atoms with Crippen LogP contribution in [0.4, 0.5) is 6.01 Å². The van der Waals surface area contributed by atoms with Crippen LogP contribution >= 0.6 is 0 Å². The Kier molecular flexibility index (Phi) is 4.93. The van der Waals surface area contributed by atoms with Gasteiger partial charge in [-0.05, 0) is 26.7 Å². The first-order chi connectivity index (χ1) is 7.90. The van der Waals surface area contributed by atoms with Crippen LogP contribution in [-0.2, 0) is 6.54 Å². The van der Waals surface area contributed by atoms with Gasteiger partial charge in [-0.3, -0.25) is 0 Å². The maximum absolute atomic E-state index is 5.48. The summed E-state index contributed by atoms with van der Waals surface area (Å²) < 4.78 is 5.48. The molecule has 0 aromatic carbocycles. The Balaban J connectivity index is 2.37. The monoisotopic (exact) mass is 240 g/mol. The van der Waals surface area contributed by atoms with Crippen LogP contribution in [0.3, 0.4) is 0 Å². The van der Waals surface area contributed by atoms with Crippen molar-refractivity contribution < 1.29 is 4.42 Å². The minimum Gasteiger partial charge on any atom is -0.407 e. The Morgan fingerprint density at radius 3 is 2.59 bits per heavy atom. The number of aromatic nitrogens is 2. The van der Waals surface area contributed by atoms with Crippen LogP contribution < -0.4 is 10.6 Å². The normalized spacial score (nSPS) is 13.7. The molecule has 5 nitrogen and oxygen atoms in total. The number of rotatable bonds is 6. The van der Waals surface area contributed by atoms with Gasteiger partial charge in [-0.2, -0.15) is 0 Å². The largest absolute Gasteiger partial charge is 0.407 e. The first kappa shape index (κ1) is 14.0. The van der Waals surface area contributed by atoms with Gasteiger partial charge in [0.25, 0.3) is 0 Å². The van der Waals surface area contributed by atoms with Gasteiger partial charge in [0.1, 0.15) is 0 Å². The number of hydrogen-bond donors (Lipinski definition) is 2. The van der Waals surface area contributed by atoms with E-state index in [2.05, 4.69) is 55.4 Å². The second kappa shape index (κ2) is 6.00. The number of nitrogens with zero attached hydrogens (tertiary/aromatic N) is 2. The molecule has 0 fully saturated rings. The summed E-state index contributed by atoms with van der Waals surface area (Å²) in [5.74, 6) is 1.23. The van der Waals surface area contributed by atoms with Crippen LogP contribution in [0.15, 0.2) is 4.42 Å². The van der Waals surface area contributed by atoms with E-state index in [4.69, 9.17) is 4.42 Å². The van der Waals surface area contributed by atoms with Gasteiger partial charge < -0.3 is 15.1 Å². The predicted molar refractivity (Wildman–Crippen MR) is 68.8 cm³/mol. The van der Waals surface area contributed by atoms with Crippen LogP contribution in [0.2, 0.25) is 0 Å². The van der Waals surface area contributed by atoms with E-state index < -0.39 is 0 Å². The van der Waals surface area contributed by atoms with Gasteiger partial charge in [-0.15, -0.1) is 5.10 Å². The number of anilines is 1. The molecule has 0 saturated heterocycles. The summed E-state index contributed by atoms with van der Waals surface area (Å²) in [5, 5.41) is 14.4. The average molecular weight is 240 g/mol. The second-order valence-electron chi connectivity index (χ2n) is 5.50. The lowest BCUT2D eigenvalue weighted by Crippen LogP contribution is -2.35. The summed E-state index contributed by atoms with van der Waals surface area (Å²) in [4.78, 5) is 0. The smallest absolute Gasteiger partial charge is 0.315 e. The van der Waals surface area contributed by atoms with E-state index in [1.807, 2.05) is 0 Å². The van der Waals surface area contributed by atoms with Gasteiger partial charge in [0.05, 0.1) is 6.54 Å². The van der Waals surface area contributed by atoms with Crippen LogP contribution in [0, 0.1) is 5.92 Å². The summed E-state index contributed by atoms with van der Waals surface area (Å²) in [6.45, 7) is 12.1. The molecule has 17 heavy (non-hydrogen) atoms. The molecule has 98 valence electrons. The highest BCUT2D eigenvalue weighted by molar-refractivity contribution is 5.16. The molecule has 2 N–H and O–H groups in total. The van der Waals surface area contributed by atoms with Crippen molar-refractivity contribution in [3.05, 3.63) is 5.89 Å². The Bertz CT molecular complexity index is 329. The topological polar surface area (TPSA) is 63.0 Å². The fraction of sp³-hybridized carbons (Fsp3) is 0.833. The van der Waals surface area contributed by atoms with Gasteiger partial charge in [-0.25, -0.2) is 0 Å². The predicted octanol–water partition coefficient (Wildman–Crippen LogP) is 2.42. The lowest BCUT2D eigenvalue weighted by atomic mass is 10.1. The Morgan fingerprint density at radius 2 is 2.00 bits per heavy atom. The Labute approximate surface area is 103 Å². The number of nitrogens with one attached hydrogen (secondary N) is 2. The maximum Gasteiger partial charge on any atom is 0.315 e. The average Bonchev–Trinajstić information content (AvgIpc) is 2.70. The zero-order valence-corrected chi connectivity index (χ0v) is 11.5. The van der Waals surface area contributed by atoms with Crippen molar-refractivity contribution in [2.24, 2.45) is 5.92 Å². The number of hydrogen-bond acceptors (Lipinski definition) is 5. The highest BCUT2D eigenvalue weighted by atomic mass is 16.4. The molecule has 1 aromatic heterocycles. The minimum absolute atomic E-state index is 0.0544. The SMILES string of the molecule is CCC(C)CNc1nnc(CNC(C)(C)C)o1. The Morgan fingerprint density at radius 1 is 1.29 bits per heavy atom. The van der Waals surface area contributed by atoms with Crippen molar-refractivity contribution in [2.45, 2.75) is 53.1 Å². The standard InChI is InChI=1S/C12H24N4O/c1-6-9(2)7-13-11-16-15-10(17-11)8-14-12(3,4)5/h9,14H,6-8H2,1-5H3,(H,13,16). The molecule has 0 aliphatic heterocycles. The van der Waals surface area contributed by atoms with E-state index in [1.165, 1.54) is 0 Å². The molecule has 0 saturated carbocycles. The molecular weight excluding hydrogens is 216 g/mol. The highest BCUT2D eigenvalue weighted by Gasteiger charge is 2.12. The molecule has 0 spiro atoms. The molecule has 1 aromatic rings. The maximum atomic E-state index is 5.48. The van der Waals surface area contributed by atoms with Gasteiger partial charge in [0, 0.05) is 12.1 Å². The van der Waals surface area contributed by atoms with Crippen LogP contribution in [0.1, 0.15) is 46.9 Å². The van der Waals surface area contributed by atoms with Crippen LogP contribution in [-0.4, -0.2) is 22.3 Å². The Hall–Kier alpha value is -1.10. The van der Waals surface area contributed by atoms with Gasteiger partial charge in [0.2, 0.25) is 5.89 Å². The van der Waals surface area contributed by atoms with Crippen LogP contribution in [0.25, 0.3) is 0 Å². The van der Waals surface area contributed by atoms with E-state index in [1.54, 1.807) is 0 Å². The molecule has 0 aliphatic carbocycles. The molecule has 0 aliphatic rings. The van der Waals surface area contributed by atoms with Crippen molar-refractivity contribution in [3.63, 3.8) is 0 Å². The molecule has 0 bridgehead atoms. The summed E-state index contributed by atoms with van der Waals surface area (Å²) >= 11 is 0.